The van der Waals surface area contributed by atoms with E-state index in [9.17, 15) is 14.7 Å². The summed E-state index contributed by atoms with van der Waals surface area (Å²) in [5, 5.41) is 14.1. The molecule has 2 atom stereocenters. The number of hydrogen-bond acceptors (Lipinski definition) is 5. The summed E-state index contributed by atoms with van der Waals surface area (Å²) in [6, 6.07) is 12.9. The lowest BCUT2D eigenvalue weighted by atomic mass is 10.2. The lowest BCUT2D eigenvalue weighted by Crippen LogP contribution is -2.41. The van der Waals surface area contributed by atoms with Gasteiger partial charge in [-0.05, 0) is 36.6 Å². The molecule has 1 aromatic carbocycles. The first-order valence-corrected chi connectivity index (χ1v) is 9.53. The number of furan rings is 1. The summed E-state index contributed by atoms with van der Waals surface area (Å²) >= 11 is 0. The summed E-state index contributed by atoms with van der Waals surface area (Å²) < 4.78 is 7.16. The molecule has 2 aromatic heterocycles. The Hall–Kier alpha value is -3.55. The third kappa shape index (κ3) is 4.31. The Morgan fingerprint density at radius 2 is 1.97 bits per heavy atom. The van der Waals surface area contributed by atoms with Crippen molar-refractivity contribution in [3.8, 4) is 11.4 Å². The molecule has 2 heterocycles. The Kier molecular flexibility index (Phi) is 5.07. The molecule has 0 bridgehead atoms. The van der Waals surface area contributed by atoms with E-state index >= 15 is 0 Å². The number of amides is 2. The fraction of sp³-hybridized carbons (Fsp3) is 0.286. The molecule has 4 rings (SSSR count). The number of hydrazine groups is 1. The van der Waals surface area contributed by atoms with E-state index in [0.29, 0.717) is 23.9 Å². The molecule has 150 valence electrons. The van der Waals surface area contributed by atoms with E-state index in [1.165, 1.54) is 10.9 Å². The highest BCUT2D eigenvalue weighted by Gasteiger charge is 2.36. The summed E-state index contributed by atoms with van der Waals surface area (Å²) in [4.78, 5) is 24.2. The molecule has 1 saturated carbocycles. The zero-order valence-electron chi connectivity index (χ0n) is 16.0. The molecular formula is C21H22N4O4. The second-order valence-corrected chi connectivity index (χ2v) is 7.27. The van der Waals surface area contributed by atoms with E-state index in [4.69, 9.17) is 4.42 Å². The summed E-state index contributed by atoms with van der Waals surface area (Å²) in [6.07, 6.45) is 3.09. The predicted octanol–water partition coefficient (Wildman–Crippen LogP) is 2.69. The number of rotatable bonds is 6. The van der Waals surface area contributed by atoms with E-state index in [2.05, 4.69) is 22.9 Å². The lowest BCUT2D eigenvalue weighted by molar-refractivity contribution is -0.121. The second kappa shape index (κ2) is 7.83. The molecule has 1 aliphatic rings. The van der Waals surface area contributed by atoms with Crippen molar-refractivity contribution < 1.29 is 19.1 Å². The third-order valence-corrected chi connectivity index (χ3v) is 5.00. The number of aromatic nitrogens is 2. The molecular weight excluding hydrogens is 372 g/mol. The lowest BCUT2D eigenvalue weighted by Gasteiger charge is -2.05. The first-order chi connectivity index (χ1) is 14.0. The van der Waals surface area contributed by atoms with Gasteiger partial charge in [-0.1, -0.05) is 25.1 Å². The van der Waals surface area contributed by atoms with E-state index in [0.717, 1.165) is 17.9 Å². The number of aryl methyl sites for hydroxylation is 1. The van der Waals surface area contributed by atoms with Crippen LogP contribution in [0.25, 0.3) is 5.69 Å². The maximum absolute atomic E-state index is 12.2. The van der Waals surface area contributed by atoms with Crippen molar-refractivity contribution in [1.82, 2.24) is 20.6 Å². The van der Waals surface area contributed by atoms with Crippen LogP contribution in [0.3, 0.4) is 0 Å². The van der Waals surface area contributed by atoms with E-state index in [-0.39, 0.29) is 23.8 Å². The van der Waals surface area contributed by atoms with Crippen LogP contribution in [0.15, 0.2) is 53.1 Å². The number of nitrogens with zero attached hydrogens (tertiary/aromatic N) is 2. The Balaban J connectivity index is 1.27. The van der Waals surface area contributed by atoms with E-state index < -0.39 is 5.91 Å². The second-order valence-electron chi connectivity index (χ2n) is 7.27. The maximum Gasteiger partial charge on any atom is 0.294 e. The van der Waals surface area contributed by atoms with Crippen LogP contribution in [-0.4, -0.2) is 26.7 Å². The highest BCUT2D eigenvalue weighted by molar-refractivity contribution is 5.95. The third-order valence-electron chi connectivity index (χ3n) is 5.00. The predicted molar refractivity (Wildman–Crippen MR) is 104 cm³/mol. The topological polar surface area (TPSA) is 109 Å². The van der Waals surface area contributed by atoms with Crippen molar-refractivity contribution in [2.45, 2.75) is 32.1 Å². The van der Waals surface area contributed by atoms with E-state index in [1.54, 1.807) is 12.1 Å². The van der Waals surface area contributed by atoms with Gasteiger partial charge in [-0.15, -0.1) is 0 Å². The van der Waals surface area contributed by atoms with Gasteiger partial charge in [0.2, 0.25) is 5.91 Å². The van der Waals surface area contributed by atoms with Gasteiger partial charge >= 0.3 is 0 Å². The average Bonchev–Trinajstić information content (AvgIpc) is 3.12. The minimum Gasteiger partial charge on any atom is -0.504 e. The van der Waals surface area contributed by atoms with Gasteiger partial charge in [-0.3, -0.25) is 20.4 Å². The van der Waals surface area contributed by atoms with Crippen molar-refractivity contribution in [2.75, 3.05) is 0 Å². The molecule has 3 N–H and O–H groups in total. The number of benzene rings is 1. The largest absolute Gasteiger partial charge is 0.504 e. The fourth-order valence-corrected chi connectivity index (χ4v) is 3.17. The molecule has 8 heteroatoms. The average molecular weight is 394 g/mol. The summed E-state index contributed by atoms with van der Waals surface area (Å²) in [7, 11) is 0. The van der Waals surface area contributed by atoms with Crippen molar-refractivity contribution in [1.29, 1.82) is 0 Å². The molecule has 3 aromatic rings. The standard InChI is InChI=1S/C21H22N4O4/c1-13-11-16(13)18-9-7-15(29-18)8-10-19(27)22-23-21(28)20-17(26)12-25(24-20)14-5-3-2-4-6-14/h2-7,9,12-13,16,26H,8,10-11H2,1H3,(H,22,27)(H,23,28). The minimum atomic E-state index is -0.700. The summed E-state index contributed by atoms with van der Waals surface area (Å²) in [5.41, 5.74) is 5.13. The SMILES string of the molecule is CC1CC1c1ccc(CCC(=O)NNC(=O)c2nn(-c3ccccc3)cc2O)o1. The van der Waals surface area contributed by atoms with Crippen LogP contribution >= 0.6 is 0 Å². The maximum atomic E-state index is 12.2. The molecule has 0 aliphatic heterocycles. The van der Waals surface area contributed by atoms with Crippen LogP contribution in [0.2, 0.25) is 0 Å². The molecule has 0 radical (unpaired) electrons. The number of nitrogens with one attached hydrogen (secondary N) is 2. The molecule has 29 heavy (non-hydrogen) atoms. The molecule has 8 nitrogen and oxygen atoms in total. The first-order valence-electron chi connectivity index (χ1n) is 9.53. The van der Waals surface area contributed by atoms with Crippen molar-refractivity contribution >= 4 is 11.8 Å². The Bertz CT molecular complexity index is 1020. The molecule has 2 amide bonds. The van der Waals surface area contributed by atoms with Gasteiger partial charge in [-0.2, -0.15) is 5.10 Å². The van der Waals surface area contributed by atoms with E-state index in [1.807, 2.05) is 30.3 Å². The number of hydrogen-bond donors (Lipinski definition) is 3. The zero-order chi connectivity index (χ0) is 20.4. The van der Waals surface area contributed by atoms with Crippen LogP contribution in [0.5, 0.6) is 5.75 Å². The van der Waals surface area contributed by atoms with Gasteiger partial charge in [0, 0.05) is 18.8 Å². The normalized spacial score (nSPS) is 17.7. The minimum absolute atomic E-state index is 0.165. The Labute approximate surface area is 167 Å². The van der Waals surface area contributed by atoms with Crippen LogP contribution in [0.4, 0.5) is 0 Å². The molecule has 1 fully saturated rings. The zero-order valence-corrected chi connectivity index (χ0v) is 16.0. The first kappa shape index (κ1) is 18.8. The smallest absolute Gasteiger partial charge is 0.294 e. The molecule has 0 spiro atoms. The van der Waals surface area contributed by atoms with Crippen LogP contribution < -0.4 is 10.9 Å². The summed E-state index contributed by atoms with van der Waals surface area (Å²) in [6.45, 7) is 2.18. The number of para-hydroxylation sites is 1. The highest BCUT2D eigenvalue weighted by Crippen LogP contribution is 2.47. The van der Waals surface area contributed by atoms with Gasteiger partial charge in [0.05, 0.1) is 11.9 Å². The van der Waals surface area contributed by atoms with Crippen molar-refractivity contribution in [3.05, 3.63) is 65.9 Å². The number of carbonyl (C=O) groups excluding carboxylic acids is 2. The van der Waals surface area contributed by atoms with Crippen LogP contribution in [0.1, 0.15) is 47.7 Å². The van der Waals surface area contributed by atoms with Crippen LogP contribution in [-0.2, 0) is 11.2 Å². The van der Waals surface area contributed by atoms with Crippen molar-refractivity contribution in [2.24, 2.45) is 5.92 Å². The molecule has 2 unspecified atom stereocenters. The molecule has 1 aliphatic carbocycles. The van der Waals surface area contributed by atoms with Gasteiger partial charge < -0.3 is 9.52 Å². The Morgan fingerprint density at radius 1 is 1.21 bits per heavy atom. The van der Waals surface area contributed by atoms with Crippen molar-refractivity contribution in [3.63, 3.8) is 0 Å². The molecule has 0 saturated heterocycles. The van der Waals surface area contributed by atoms with Crippen LogP contribution in [0, 0.1) is 5.92 Å². The van der Waals surface area contributed by atoms with Gasteiger partial charge in [0.15, 0.2) is 11.4 Å². The monoisotopic (exact) mass is 394 g/mol. The highest BCUT2D eigenvalue weighted by atomic mass is 16.3. The quantitative estimate of drug-likeness (QED) is 0.557. The summed E-state index contributed by atoms with van der Waals surface area (Å²) in [5.74, 6) is 1.55. The van der Waals surface area contributed by atoms with Gasteiger partial charge in [0.25, 0.3) is 5.91 Å². The fourth-order valence-electron chi connectivity index (χ4n) is 3.17. The van der Waals surface area contributed by atoms with Gasteiger partial charge in [0.1, 0.15) is 11.5 Å². The number of carbonyl (C=O) groups is 2. The van der Waals surface area contributed by atoms with Gasteiger partial charge in [-0.25, -0.2) is 4.68 Å². The Morgan fingerprint density at radius 3 is 2.69 bits per heavy atom. The number of aromatic hydroxyl groups is 1.